The van der Waals surface area contributed by atoms with Gasteiger partial charge in [-0.1, -0.05) is 182 Å². The van der Waals surface area contributed by atoms with E-state index < -0.39 is 0 Å². The van der Waals surface area contributed by atoms with E-state index >= 15 is 0 Å². The van der Waals surface area contributed by atoms with Gasteiger partial charge in [0.15, 0.2) is 0 Å². The molecule has 296 valence electrons. The lowest BCUT2D eigenvalue weighted by Crippen LogP contribution is -2.00. The highest BCUT2D eigenvalue weighted by atomic mass is 15.0. The predicted molar refractivity (Wildman–Crippen MR) is 274 cm³/mol. The highest BCUT2D eigenvalue weighted by Crippen LogP contribution is 2.44. The van der Waals surface area contributed by atoms with Gasteiger partial charge in [0.2, 0.25) is 0 Å². The number of aromatic nitrogens is 2. The van der Waals surface area contributed by atoms with E-state index in [2.05, 4.69) is 240 Å². The molecule has 0 spiro atoms. The maximum Gasteiger partial charge on any atom is 0.0547 e. The molecular formula is C62H38N2. The Labute approximate surface area is 369 Å². The zero-order chi connectivity index (χ0) is 41.9. The van der Waals surface area contributed by atoms with Gasteiger partial charge in [-0.2, -0.15) is 0 Å². The van der Waals surface area contributed by atoms with Gasteiger partial charge in [0.25, 0.3) is 0 Å². The highest BCUT2D eigenvalue weighted by Gasteiger charge is 2.22. The van der Waals surface area contributed by atoms with Crippen LogP contribution in [0, 0.1) is 0 Å². The van der Waals surface area contributed by atoms with Crippen molar-refractivity contribution in [2.45, 2.75) is 0 Å². The number of hydrogen-bond acceptors (Lipinski definition) is 0. The summed E-state index contributed by atoms with van der Waals surface area (Å²) in [5, 5.41) is 17.5. The second-order valence-electron chi connectivity index (χ2n) is 17.2. The van der Waals surface area contributed by atoms with E-state index in [1.165, 1.54) is 120 Å². The molecule has 0 fully saturated rings. The second-order valence-corrected chi connectivity index (χ2v) is 17.2. The molecule has 2 nitrogen and oxygen atoms in total. The molecule has 2 heterocycles. The average Bonchev–Trinajstić information content (AvgIpc) is 3.88. The standard InChI is InChI=1S/C62H38N2/c1-5-19-45-39(13-1)17-11-25-47(45)43-29-31-57-53(37-43)61-49-21-7-3-15-41(49)27-33-59(61)63(57)55-35-36-56(52-24-10-9-23-51(52)55)64-58-32-30-44(48-26-12-18-40-14-2-6-20-46(40)48)38-54(58)62-50-22-8-4-16-42(50)28-34-60(62)64/h1-38H. The molecule has 0 aliphatic rings. The lowest BCUT2D eigenvalue weighted by Gasteiger charge is -2.17. The molecule has 0 amide bonds. The van der Waals surface area contributed by atoms with E-state index in [1.807, 2.05) is 0 Å². The van der Waals surface area contributed by atoms with Crippen molar-refractivity contribution >= 4 is 97.5 Å². The Hall–Kier alpha value is -8.46. The van der Waals surface area contributed by atoms with Crippen molar-refractivity contribution in [2.75, 3.05) is 0 Å². The first-order valence-corrected chi connectivity index (χ1v) is 22.2. The Morgan fingerprint density at radius 3 is 1.00 bits per heavy atom. The third-order valence-corrected chi connectivity index (χ3v) is 13.9. The van der Waals surface area contributed by atoms with Crippen LogP contribution in [-0.4, -0.2) is 9.13 Å². The molecule has 0 N–H and O–H groups in total. The lowest BCUT2D eigenvalue weighted by molar-refractivity contribution is 1.17. The number of fused-ring (bicyclic) bond motifs is 13. The van der Waals surface area contributed by atoms with Crippen molar-refractivity contribution < 1.29 is 0 Å². The van der Waals surface area contributed by atoms with Crippen molar-refractivity contribution in [2.24, 2.45) is 0 Å². The summed E-state index contributed by atoms with van der Waals surface area (Å²) in [7, 11) is 0. The van der Waals surface area contributed by atoms with E-state index in [4.69, 9.17) is 0 Å². The van der Waals surface area contributed by atoms with Gasteiger partial charge in [-0.25, -0.2) is 0 Å². The van der Waals surface area contributed by atoms with Crippen LogP contribution in [0.2, 0.25) is 0 Å². The Morgan fingerprint density at radius 1 is 0.219 bits per heavy atom. The van der Waals surface area contributed by atoms with Gasteiger partial charge in [-0.15, -0.1) is 0 Å². The quantitative estimate of drug-likeness (QED) is 0.168. The fraction of sp³-hybridized carbons (Fsp3) is 0. The maximum atomic E-state index is 2.51. The third kappa shape index (κ3) is 5.02. The first-order valence-electron chi connectivity index (χ1n) is 22.2. The summed E-state index contributed by atoms with van der Waals surface area (Å²) in [5.41, 5.74) is 12.1. The van der Waals surface area contributed by atoms with Crippen LogP contribution in [0.1, 0.15) is 0 Å². The first kappa shape index (κ1) is 35.2. The van der Waals surface area contributed by atoms with Crippen molar-refractivity contribution in [3.05, 3.63) is 231 Å². The average molecular weight is 811 g/mol. The molecule has 0 unspecified atom stereocenters. The molecule has 0 radical (unpaired) electrons. The van der Waals surface area contributed by atoms with Crippen molar-refractivity contribution in [3.8, 4) is 33.6 Å². The smallest absolute Gasteiger partial charge is 0.0547 e. The van der Waals surface area contributed by atoms with E-state index in [1.54, 1.807) is 0 Å². The summed E-state index contributed by atoms with van der Waals surface area (Å²) in [5.74, 6) is 0. The van der Waals surface area contributed by atoms with Crippen LogP contribution in [0.4, 0.5) is 0 Å². The predicted octanol–water partition coefficient (Wildman–Crippen LogP) is 17.0. The molecule has 2 aromatic heterocycles. The lowest BCUT2D eigenvalue weighted by atomic mass is 9.96. The normalized spacial score (nSPS) is 12.1. The van der Waals surface area contributed by atoms with Gasteiger partial charge in [-0.3, -0.25) is 0 Å². The number of hydrogen-bond donors (Lipinski definition) is 0. The van der Waals surface area contributed by atoms with Gasteiger partial charge in [0, 0.05) is 32.3 Å². The SMILES string of the molecule is c1ccc2c(-c3ccc4c(c3)c3c5ccccc5ccc3n4-c3ccc(-n4c5ccc(-c6cccc7ccccc67)cc5c5c6ccccc6ccc54)c4ccccc34)cccc2c1. The summed E-state index contributed by atoms with van der Waals surface area (Å²) in [4.78, 5) is 0. The van der Waals surface area contributed by atoms with Gasteiger partial charge in [0.05, 0.1) is 33.4 Å². The minimum absolute atomic E-state index is 1.16. The number of benzene rings is 12. The summed E-state index contributed by atoms with van der Waals surface area (Å²) in [6.07, 6.45) is 0. The molecule has 2 heteroatoms. The van der Waals surface area contributed by atoms with Crippen molar-refractivity contribution in [3.63, 3.8) is 0 Å². The van der Waals surface area contributed by atoms with Gasteiger partial charge in [0.1, 0.15) is 0 Å². The van der Waals surface area contributed by atoms with Crippen molar-refractivity contribution in [1.82, 2.24) is 9.13 Å². The molecule has 64 heavy (non-hydrogen) atoms. The van der Waals surface area contributed by atoms with Crippen LogP contribution in [-0.2, 0) is 0 Å². The van der Waals surface area contributed by atoms with Crippen LogP contribution >= 0.6 is 0 Å². The van der Waals surface area contributed by atoms with E-state index in [9.17, 15) is 0 Å². The van der Waals surface area contributed by atoms with Gasteiger partial charge >= 0.3 is 0 Å². The molecular weight excluding hydrogens is 773 g/mol. The fourth-order valence-corrected chi connectivity index (χ4v) is 11.0. The minimum atomic E-state index is 1.16. The third-order valence-electron chi connectivity index (χ3n) is 13.9. The van der Waals surface area contributed by atoms with Gasteiger partial charge in [-0.05, 0) is 114 Å². The molecule has 0 bridgehead atoms. The first-order chi connectivity index (χ1) is 31.8. The topological polar surface area (TPSA) is 9.86 Å². The van der Waals surface area contributed by atoms with Crippen LogP contribution in [0.5, 0.6) is 0 Å². The zero-order valence-corrected chi connectivity index (χ0v) is 34.8. The molecule has 12 aromatic carbocycles. The van der Waals surface area contributed by atoms with Crippen LogP contribution in [0.15, 0.2) is 231 Å². The monoisotopic (exact) mass is 810 g/mol. The minimum Gasteiger partial charge on any atom is -0.309 e. The van der Waals surface area contributed by atoms with Crippen LogP contribution in [0.3, 0.4) is 0 Å². The fourth-order valence-electron chi connectivity index (χ4n) is 11.0. The molecule has 0 saturated heterocycles. The Kier molecular flexibility index (Phi) is 7.43. The Morgan fingerprint density at radius 2 is 0.562 bits per heavy atom. The molecule has 0 saturated carbocycles. The zero-order valence-electron chi connectivity index (χ0n) is 34.8. The number of nitrogens with zero attached hydrogens (tertiary/aromatic N) is 2. The summed E-state index contributed by atoms with van der Waals surface area (Å²) in [6, 6.07) is 85.4. The molecule has 0 aliphatic carbocycles. The van der Waals surface area contributed by atoms with Crippen LogP contribution < -0.4 is 0 Å². The summed E-state index contributed by atoms with van der Waals surface area (Å²) in [6.45, 7) is 0. The van der Waals surface area contributed by atoms with Crippen LogP contribution in [0.25, 0.3) is 131 Å². The second kappa shape index (κ2) is 13.5. The Balaban J connectivity index is 1.04. The van der Waals surface area contributed by atoms with Gasteiger partial charge < -0.3 is 9.13 Å². The Bertz CT molecular complexity index is 3970. The maximum absolute atomic E-state index is 2.51. The molecule has 14 rings (SSSR count). The van der Waals surface area contributed by atoms with E-state index in [0.717, 1.165) is 11.4 Å². The molecule has 0 aliphatic heterocycles. The number of rotatable bonds is 4. The summed E-state index contributed by atoms with van der Waals surface area (Å²) >= 11 is 0. The highest BCUT2D eigenvalue weighted by molar-refractivity contribution is 6.24. The van der Waals surface area contributed by atoms with E-state index in [0.29, 0.717) is 0 Å². The van der Waals surface area contributed by atoms with Crippen molar-refractivity contribution in [1.29, 1.82) is 0 Å². The molecule has 0 atom stereocenters. The van der Waals surface area contributed by atoms with E-state index in [-0.39, 0.29) is 0 Å². The largest absolute Gasteiger partial charge is 0.309 e. The molecule has 14 aromatic rings. The summed E-state index contributed by atoms with van der Waals surface area (Å²) < 4.78 is 5.01.